The van der Waals surface area contributed by atoms with E-state index in [-0.39, 0.29) is 12.5 Å². The second-order valence-corrected chi connectivity index (χ2v) is 9.80. The van der Waals surface area contributed by atoms with Crippen molar-refractivity contribution < 1.29 is 4.79 Å². The average molecular weight is 505 g/mol. The van der Waals surface area contributed by atoms with Crippen molar-refractivity contribution >= 4 is 29.3 Å². The lowest BCUT2D eigenvalue weighted by Crippen LogP contribution is -2.24. The Kier molecular flexibility index (Phi) is 8.61. The zero-order valence-corrected chi connectivity index (χ0v) is 21.6. The third-order valence-corrected chi connectivity index (χ3v) is 7.00. The first-order valence-electron chi connectivity index (χ1n) is 11.8. The SMILES string of the molecule is CCCCc1ccc(C(=O)NCc2nnc(SCc3ccccc3)n2-c2cc(Cl)ccc2C)cc1. The van der Waals surface area contributed by atoms with Crippen LogP contribution in [0, 0.1) is 6.92 Å². The van der Waals surface area contributed by atoms with Gasteiger partial charge in [-0.25, -0.2) is 0 Å². The molecule has 0 aliphatic heterocycles. The fourth-order valence-corrected chi connectivity index (χ4v) is 4.85. The second kappa shape index (κ2) is 12.0. The van der Waals surface area contributed by atoms with Crippen molar-refractivity contribution in [1.82, 2.24) is 20.1 Å². The van der Waals surface area contributed by atoms with Crippen LogP contribution in [-0.4, -0.2) is 20.7 Å². The molecule has 1 heterocycles. The molecule has 0 atom stereocenters. The maximum absolute atomic E-state index is 12.8. The fraction of sp³-hybridized carbons (Fsp3) is 0.250. The monoisotopic (exact) mass is 504 g/mol. The molecule has 7 heteroatoms. The van der Waals surface area contributed by atoms with Gasteiger partial charge in [0.05, 0.1) is 12.2 Å². The number of thioether (sulfide) groups is 1. The predicted molar refractivity (Wildman–Crippen MR) is 143 cm³/mol. The predicted octanol–water partition coefficient (Wildman–Crippen LogP) is 6.79. The number of rotatable bonds is 10. The number of unbranched alkanes of at least 4 members (excludes halogenated alkanes) is 1. The van der Waals surface area contributed by atoms with Gasteiger partial charge in [0.2, 0.25) is 0 Å². The summed E-state index contributed by atoms with van der Waals surface area (Å²) in [7, 11) is 0. The summed E-state index contributed by atoms with van der Waals surface area (Å²) in [6, 6.07) is 23.8. The molecular weight excluding hydrogens is 476 g/mol. The van der Waals surface area contributed by atoms with Gasteiger partial charge in [0.15, 0.2) is 11.0 Å². The number of amides is 1. The molecule has 0 fully saturated rings. The Bertz CT molecular complexity index is 1270. The second-order valence-electron chi connectivity index (χ2n) is 8.42. The maximum Gasteiger partial charge on any atom is 0.251 e. The summed E-state index contributed by atoms with van der Waals surface area (Å²) in [6.07, 6.45) is 3.33. The van der Waals surface area contributed by atoms with Gasteiger partial charge in [-0.2, -0.15) is 0 Å². The molecule has 180 valence electrons. The van der Waals surface area contributed by atoms with Crippen molar-refractivity contribution in [2.75, 3.05) is 0 Å². The number of nitrogens with one attached hydrogen (secondary N) is 1. The van der Waals surface area contributed by atoms with E-state index in [1.165, 1.54) is 11.1 Å². The summed E-state index contributed by atoms with van der Waals surface area (Å²) in [4.78, 5) is 12.8. The van der Waals surface area contributed by atoms with Crippen LogP contribution in [0.25, 0.3) is 5.69 Å². The first-order valence-corrected chi connectivity index (χ1v) is 13.2. The van der Waals surface area contributed by atoms with Crippen LogP contribution in [0.1, 0.15) is 52.6 Å². The van der Waals surface area contributed by atoms with Gasteiger partial charge < -0.3 is 5.32 Å². The van der Waals surface area contributed by atoms with Gasteiger partial charge in [-0.05, 0) is 60.7 Å². The quantitative estimate of drug-likeness (QED) is 0.241. The summed E-state index contributed by atoms with van der Waals surface area (Å²) >= 11 is 7.94. The van der Waals surface area contributed by atoms with Gasteiger partial charge in [-0.15, -0.1) is 10.2 Å². The van der Waals surface area contributed by atoms with Crippen LogP contribution in [0.3, 0.4) is 0 Å². The van der Waals surface area contributed by atoms with Gasteiger partial charge in [0.1, 0.15) is 0 Å². The summed E-state index contributed by atoms with van der Waals surface area (Å²) in [5.74, 6) is 1.27. The highest BCUT2D eigenvalue weighted by atomic mass is 35.5. The van der Waals surface area contributed by atoms with E-state index in [1.807, 2.05) is 72.2 Å². The van der Waals surface area contributed by atoms with Crippen molar-refractivity contribution in [3.63, 3.8) is 0 Å². The van der Waals surface area contributed by atoms with E-state index in [4.69, 9.17) is 11.6 Å². The van der Waals surface area contributed by atoms with Crippen molar-refractivity contribution in [3.05, 3.63) is 106 Å². The molecule has 1 N–H and O–H groups in total. The molecule has 0 unspecified atom stereocenters. The molecule has 0 bridgehead atoms. The molecule has 5 nitrogen and oxygen atoms in total. The highest BCUT2D eigenvalue weighted by Gasteiger charge is 2.18. The van der Waals surface area contributed by atoms with E-state index >= 15 is 0 Å². The van der Waals surface area contributed by atoms with E-state index in [0.717, 1.165) is 41.4 Å². The number of carbonyl (C=O) groups excluding carboxylic acids is 1. The molecule has 4 rings (SSSR count). The number of benzene rings is 3. The van der Waals surface area contributed by atoms with Gasteiger partial charge >= 0.3 is 0 Å². The first kappa shape index (κ1) is 25.0. The number of hydrogen-bond donors (Lipinski definition) is 1. The molecule has 3 aromatic carbocycles. The number of halogens is 1. The minimum atomic E-state index is -0.136. The smallest absolute Gasteiger partial charge is 0.251 e. The molecule has 0 aliphatic rings. The van der Waals surface area contributed by atoms with Gasteiger partial charge in [-0.1, -0.05) is 85.2 Å². The standard InChI is InChI=1S/C28H29ClN4OS/c1-3-4-8-21-12-14-23(15-13-21)27(34)30-18-26-31-32-28(35-19-22-9-6-5-7-10-22)33(26)25-17-24(29)16-11-20(25)2/h5-7,9-17H,3-4,8,18-19H2,1-2H3,(H,30,34). The van der Waals surface area contributed by atoms with E-state index in [1.54, 1.807) is 11.8 Å². The largest absolute Gasteiger partial charge is 0.345 e. The van der Waals surface area contributed by atoms with Gasteiger partial charge in [0.25, 0.3) is 5.91 Å². The summed E-state index contributed by atoms with van der Waals surface area (Å²) in [5.41, 5.74) is 5.04. The van der Waals surface area contributed by atoms with Gasteiger partial charge in [-0.3, -0.25) is 9.36 Å². The number of hydrogen-bond acceptors (Lipinski definition) is 4. The van der Waals surface area contributed by atoms with Crippen molar-refractivity contribution in [2.24, 2.45) is 0 Å². The average Bonchev–Trinajstić information content (AvgIpc) is 3.29. The van der Waals surface area contributed by atoms with Crippen LogP contribution in [0.15, 0.2) is 78.0 Å². The minimum absolute atomic E-state index is 0.136. The molecule has 0 radical (unpaired) electrons. The number of carbonyl (C=O) groups is 1. The highest BCUT2D eigenvalue weighted by molar-refractivity contribution is 7.98. The van der Waals surface area contributed by atoms with E-state index in [9.17, 15) is 4.79 Å². The third-order valence-electron chi connectivity index (χ3n) is 5.77. The van der Waals surface area contributed by atoms with Crippen LogP contribution >= 0.6 is 23.4 Å². The molecule has 4 aromatic rings. The summed E-state index contributed by atoms with van der Waals surface area (Å²) in [5, 5.41) is 13.3. The van der Waals surface area contributed by atoms with E-state index in [0.29, 0.717) is 16.4 Å². The molecule has 1 aromatic heterocycles. The Morgan fingerprint density at radius 3 is 2.51 bits per heavy atom. The molecule has 35 heavy (non-hydrogen) atoms. The Morgan fingerprint density at radius 2 is 1.77 bits per heavy atom. The number of nitrogens with zero attached hydrogens (tertiary/aromatic N) is 3. The maximum atomic E-state index is 12.8. The van der Waals surface area contributed by atoms with Crippen molar-refractivity contribution in [2.45, 2.75) is 50.6 Å². The Labute approximate surface area is 215 Å². The highest BCUT2D eigenvalue weighted by Crippen LogP contribution is 2.28. The lowest BCUT2D eigenvalue weighted by atomic mass is 10.1. The zero-order chi connectivity index (χ0) is 24.6. The van der Waals surface area contributed by atoms with Crippen LogP contribution in [0.2, 0.25) is 5.02 Å². The van der Waals surface area contributed by atoms with E-state index < -0.39 is 0 Å². The molecule has 0 saturated heterocycles. The Hall–Kier alpha value is -3.09. The Balaban J connectivity index is 1.54. The molecule has 1 amide bonds. The lowest BCUT2D eigenvalue weighted by Gasteiger charge is -2.14. The number of aryl methyl sites for hydroxylation is 2. The minimum Gasteiger partial charge on any atom is -0.345 e. The van der Waals surface area contributed by atoms with Crippen molar-refractivity contribution in [1.29, 1.82) is 0 Å². The number of aromatic nitrogens is 3. The Morgan fingerprint density at radius 1 is 1.00 bits per heavy atom. The first-order chi connectivity index (χ1) is 17.0. The van der Waals surface area contributed by atoms with Gasteiger partial charge in [0, 0.05) is 16.3 Å². The molecular formula is C28H29ClN4OS. The third kappa shape index (κ3) is 6.53. The van der Waals surface area contributed by atoms with Crippen LogP contribution in [0.4, 0.5) is 0 Å². The topological polar surface area (TPSA) is 59.8 Å². The van der Waals surface area contributed by atoms with Crippen LogP contribution in [0.5, 0.6) is 0 Å². The normalized spacial score (nSPS) is 10.9. The zero-order valence-electron chi connectivity index (χ0n) is 20.0. The summed E-state index contributed by atoms with van der Waals surface area (Å²) < 4.78 is 1.99. The lowest BCUT2D eigenvalue weighted by molar-refractivity contribution is 0.0949. The van der Waals surface area contributed by atoms with E-state index in [2.05, 4.69) is 34.6 Å². The molecule has 0 saturated carbocycles. The molecule has 0 spiro atoms. The van der Waals surface area contributed by atoms with Crippen molar-refractivity contribution in [3.8, 4) is 5.69 Å². The molecule has 0 aliphatic carbocycles. The van der Waals surface area contributed by atoms with Crippen LogP contribution in [-0.2, 0) is 18.7 Å². The summed E-state index contributed by atoms with van der Waals surface area (Å²) in [6.45, 7) is 4.46. The van der Waals surface area contributed by atoms with Crippen LogP contribution < -0.4 is 5.32 Å². The fourth-order valence-electron chi connectivity index (χ4n) is 3.76.